The van der Waals surface area contributed by atoms with Crippen LogP contribution in [0.2, 0.25) is 0 Å². The molecule has 1 fully saturated rings. The highest BCUT2D eigenvalue weighted by Gasteiger charge is 2.41. The summed E-state index contributed by atoms with van der Waals surface area (Å²) in [5.74, 6) is -3.40. The van der Waals surface area contributed by atoms with Crippen molar-refractivity contribution in [3.63, 3.8) is 0 Å². The standard InChI is InChI=1S/C33H40N6O6/c1-33(2,3)38-30(43)25-14-9-17-39(25)32(45)28(41)23(18-20-10-5-4-6-11-20)36-29(42)24(19-26(34)40)37-31(44)27-22-13-8-7-12-21(22)15-16-35-27/h4-8,10-13,15-16,23-25,28,41H,9,14,17-19H2,1-3H3,(H2,34,40)(H,36,42)(H,37,44)(H,38,43)/t23-,24-,25-,28-/m0/s1. The topological polar surface area (TPSA) is 184 Å². The number of aliphatic hydroxyl groups is 1. The number of likely N-dealkylation sites (tertiary alicyclic amines) is 1. The Balaban J connectivity index is 1.57. The van der Waals surface area contributed by atoms with Crippen LogP contribution in [0.4, 0.5) is 0 Å². The molecule has 3 aromatic rings. The Kier molecular flexibility index (Phi) is 10.5. The van der Waals surface area contributed by atoms with Crippen LogP contribution in [-0.4, -0.2) is 80.8 Å². The SMILES string of the molecule is CC(C)(C)NC(=O)[C@@H]1CCCN1C(=O)[C@@H](O)[C@H](Cc1ccccc1)NC(=O)[C@H](CC(N)=O)NC(=O)c1nccc2ccccc12. The molecule has 2 heterocycles. The summed E-state index contributed by atoms with van der Waals surface area (Å²) in [5, 5.41) is 20.8. The molecule has 0 aliphatic carbocycles. The van der Waals surface area contributed by atoms with Gasteiger partial charge in [0.25, 0.3) is 11.8 Å². The summed E-state index contributed by atoms with van der Waals surface area (Å²) >= 11 is 0. The van der Waals surface area contributed by atoms with E-state index in [-0.39, 0.29) is 24.6 Å². The van der Waals surface area contributed by atoms with Gasteiger partial charge < -0.3 is 31.7 Å². The van der Waals surface area contributed by atoms with E-state index in [0.717, 1.165) is 5.39 Å². The summed E-state index contributed by atoms with van der Waals surface area (Å²) in [5.41, 5.74) is 5.69. The van der Waals surface area contributed by atoms with Gasteiger partial charge in [-0.25, -0.2) is 0 Å². The molecule has 12 heteroatoms. The highest BCUT2D eigenvalue weighted by Crippen LogP contribution is 2.21. The smallest absolute Gasteiger partial charge is 0.271 e. The molecule has 1 aliphatic rings. The highest BCUT2D eigenvalue weighted by molar-refractivity contribution is 6.06. The second-order valence-corrected chi connectivity index (χ2v) is 12.3. The first kappa shape index (κ1) is 33.1. The predicted molar refractivity (Wildman–Crippen MR) is 168 cm³/mol. The average Bonchev–Trinajstić information content (AvgIpc) is 3.49. The number of carbonyl (C=O) groups excluding carboxylic acids is 5. The fourth-order valence-corrected chi connectivity index (χ4v) is 5.43. The maximum atomic E-state index is 13.7. The third-order valence-electron chi connectivity index (χ3n) is 7.51. The Morgan fingerprint density at radius 1 is 1.00 bits per heavy atom. The normalized spacial score (nSPS) is 16.8. The van der Waals surface area contributed by atoms with Crippen LogP contribution in [0.15, 0.2) is 66.9 Å². The molecule has 1 aliphatic heterocycles. The maximum absolute atomic E-state index is 13.7. The number of fused-ring (bicyclic) bond motifs is 1. The number of aliphatic hydroxyl groups excluding tert-OH is 1. The predicted octanol–water partition coefficient (Wildman–Crippen LogP) is 1.20. The van der Waals surface area contributed by atoms with Crippen LogP contribution in [0, 0.1) is 0 Å². The minimum absolute atomic E-state index is 0.0499. The fraction of sp³-hybridized carbons (Fsp3) is 0.394. The van der Waals surface area contributed by atoms with Crippen molar-refractivity contribution in [3.05, 3.63) is 78.1 Å². The lowest BCUT2D eigenvalue weighted by atomic mass is 9.99. The van der Waals surface area contributed by atoms with Crippen LogP contribution in [0.25, 0.3) is 10.8 Å². The van der Waals surface area contributed by atoms with E-state index in [1.165, 1.54) is 11.1 Å². The zero-order valence-corrected chi connectivity index (χ0v) is 25.7. The second kappa shape index (κ2) is 14.3. The van der Waals surface area contributed by atoms with Gasteiger partial charge in [0, 0.05) is 23.7 Å². The Morgan fingerprint density at radius 2 is 1.69 bits per heavy atom. The summed E-state index contributed by atoms with van der Waals surface area (Å²) < 4.78 is 0. The van der Waals surface area contributed by atoms with E-state index in [9.17, 15) is 29.1 Å². The molecule has 4 rings (SSSR count). The molecule has 1 saturated heterocycles. The number of hydrogen-bond donors (Lipinski definition) is 5. The van der Waals surface area contributed by atoms with Crippen molar-refractivity contribution in [2.45, 2.75) is 76.2 Å². The molecule has 0 bridgehead atoms. The van der Waals surface area contributed by atoms with Gasteiger partial charge in [0.05, 0.1) is 12.5 Å². The van der Waals surface area contributed by atoms with Crippen LogP contribution in [0.3, 0.4) is 0 Å². The molecule has 2 aromatic carbocycles. The molecule has 0 unspecified atom stereocenters. The molecule has 6 N–H and O–H groups in total. The van der Waals surface area contributed by atoms with Gasteiger partial charge >= 0.3 is 0 Å². The number of benzene rings is 2. The van der Waals surface area contributed by atoms with Crippen LogP contribution in [0.1, 0.15) is 56.1 Å². The molecule has 12 nitrogen and oxygen atoms in total. The number of carbonyl (C=O) groups is 5. The molecule has 1 aromatic heterocycles. The van der Waals surface area contributed by atoms with Gasteiger partial charge in [-0.15, -0.1) is 0 Å². The lowest BCUT2D eigenvalue weighted by Crippen LogP contribution is -2.59. The molecule has 5 amide bonds. The minimum atomic E-state index is -1.73. The summed E-state index contributed by atoms with van der Waals surface area (Å²) in [6.45, 7) is 5.78. The number of pyridine rings is 1. The van der Waals surface area contributed by atoms with E-state index in [2.05, 4.69) is 20.9 Å². The first-order valence-electron chi connectivity index (χ1n) is 14.9. The summed E-state index contributed by atoms with van der Waals surface area (Å²) in [6, 6.07) is 14.4. The molecule has 4 atom stereocenters. The summed E-state index contributed by atoms with van der Waals surface area (Å²) in [6.07, 6.45) is 0.254. The van der Waals surface area contributed by atoms with E-state index >= 15 is 0 Å². The Labute approximate surface area is 261 Å². The van der Waals surface area contributed by atoms with E-state index < -0.39 is 59.8 Å². The molecule has 238 valence electrons. The fourth-order valence-electron chi connectivity index (χ4n) is 5.43. The van der Waals surface area contributed by atoms with Crippen molar-refractivity contribution >= 4 is 40.3 Å². The number of hydrogen-bond acceptors (Lipinski definition) is 7. The van der Waals surface area contributed by atoms with E-state index in [1.807, 2.05) is 32.9 Å². The second-order valence-electron chi connectivity index (χ2n) is 12.3. The molecular formula is C33H40N6O6. The van der Waals surface area contributed by atoms with Crippen molar-refractivity contribution in [2.75, 3.05) is 6.54 Å². The van der Waals surface area contributed by atoms with E-state index in [4.69, 9.17) is 5.73 Å². The minimum Gasteiger partial charge on any atom is -0.381 e. The molecule has 0 saturated carbocycles. The monoisotopic (exact) mass is 616 g/mol. The largest absolute Gasteiger partial charge is 0.381 e. The summed E-state index contributed by atoms with van der Waals surface area (Å²) in [4.78, 5) is 71.1. The van der Waals surface area contributed by atoms with Crippen molar-refractivity contribution < 1.29 is 29.1 Å². The number of amides is 5. The van der Waals surface area contributed by atoms with Gasteiger partial charge in [-0.1, -0.05) is 54.6 Å². The van der Waals surface area contributed by atoms with Crippen molar-refractivity contribution in [1.29, 1.82) is 0 Å². The van der Waals surface area contributed by atoms with Gasteiger partial charge in [-0.05, 0) is 57.0 Å². The third kappa shape index (κ3) is 8.63. The van der Waals surface area contributed by atoms with Gasteiger partial charge in [0.1, 0.15) is 17.8 Å². The quantitative estimate of drug-likeness (QED) is 0.214. The number of rotatable bonds is 11. The van der Waals surface area contributed by atoms with Crippen molar-refractivity contribution in [3.8, 4) is 0 Å². The Hall–Kier alpha value is -4.84. The summed E-state index contributed by atoms with van der Waals surface area (Å²) in [7, 11) is 0. The highest BCUT2D eigenvalue weighted by atomic mass is 16.3. The lowest BCUT2D eigenvalue weighted by Gasteiger charge is -2.32. The van der Waals surface area contributed by atoms with Crippen LogP contribution >= 0.6 is 0 Å². The van der Waals surface area contributed by atoms with E-state index in [0.29, 0.717) is 23.8 Å². The first-order valence-corrected chi connectivity index (χ1v) is 14.9. The van der Waals surface area contributed by atoms with Crippen molar-refractivity contribution in [2.24, 2.45) is 5.73 Å². The van der Waals surface area contributed by atoms with Crippen LogP contribution in [0.5, 0.6) is 0 Å². The number of primary amides is 1. The van der Waals surface area contributed by atoms with Gasteiger partial charge in [0.15, 0.2) is 6.10 Å². The van der Waals surface area contributed by atoms with Crippen LogP contribution < -0.4 is 21.7 Å². The van der Waals surface area contributed by atoms with Gasteiger partial charge in [-0.2, -0.15) is 0 Å². The average molecular weight is 617 g/mol. The van der Waals surface area contributed by atoms with Gasteiger partial charge in [-0.3, -0.25) is 29.0 Å². The lowest BCUT2D eigenvalue weighted by molar-refractivity contribution is -0.147. The molecular weight excluding hydrogens is 576 g/mol. The number of aromatic nitrogens is 1. The van der Waals surface area contributed by atoms with Gasteiger partial charge in [0.2, 0.25) is 17.7 Å². The molecule has 0 spiro atoms. The zero-order valence-electron chi connectivity index (χ0n) is 25.7. The number of nitrogens with zero attached hydrogens (tertiary/aromatic N) is 2. The Bertz CT molecular complexity index is 1550. The third-order valence-corrected chi connectivity index (χ3v) is 7.51. The Morgan fingerprint density at radius 3 is 2.38 bits per heavy atom. The maximum Gasteiger partial charge on any atom is 0.271 e. The van der Waals surface area contributed by atoms with Crippen LogP contribution in [-0.2, 0) is 25.6 Å². The first-order chi connectivity index (χ1) is 21.3. The number of nitrogens with two attached hydrogens (primary N) is 1. The van der Waals surface area contributed by atoms with E-state index in [1.54, 1.807) is 48.5 Å². The molecule has 0 radical (unpaired) electrons. The molecule has 45 heavy (non-hydrogen) atoms. The zero-order chi connectivity index (χ0) is 32.7. The van der Waals surface area contributed by atoms with Crippen molar-refractivity contribution in [1.82, 2.24) is 25.8 Å². The number of nitrogens with one attached hydrogen (secondary N) is 3.